The monoisotopic (exact) mass is 248 g/mol. The van der Waals surface area contributed by atoms with Crippen LogP contribution in [-0.2, 0) is 16.1 Å². The van der Waals surface area contributed by atoms with Crippen molar-refractivity contribution < 1.29 is 18.7 Å². The lowest BCUT2D eigenvalue weighted by molar-refractivity contribution is 0.0596. The molecule has 94 valence electrons. The summed E-state index contributed by atoms with van der Waals surface area (Å²) in [4.78, 5) is 22.9. The fraction of sp³-hybridized carbons (Fsp3) is 0.231. The highest BCUT2D eigenvalue weighted by Gasteiger charge is 2.13. The number of ether oxygens (including phenoxy) is 2. The largest absolute Gasteiger partial charge is 0.465 e. The van der Waals surface area contributed by atoms with E-state index >= 15 is 0 Å². The molecule has 0 atom stereocenters. The number of esters is 1. The van der Waals surface area contributed by atoms with E-state index in [-0.39, 0.29) is 5.56 Å². The van der Waals surface area contributed by atoms with Crippen LogP contribution in [0.25, 0.3) is 11.0 Å². The van der Waals surface area contributed by atoms with Crippen molar-refractivity contribution in [2.45, 2.75) is 6.61 Å². The summed E-state index contributed by atoms with van der Waals surface area (Å²) in [6, 6.07) is 6.74. The highest BCUT2D eigenvalue weighted by molar-refractivity contribution is 5.92. The molecule has 0 unspecified atom stereocenters. The Bertz CT molecular complexity index is 641. The van der Waals surface area contributed by atoms with Crippen LogP contribution in [-0.4, -0.2) is 20.2 Å². The van der Waals surface area contributed by atoms with E-state index in [1.54, 1.807) is 25.3 Å². The molecule has 0 aliphatic carbocycles. The highest BCUT2D eigenvalue weighted by atomic mass is 16.5. The molecule has 2 rings (SSSR count). The van der Waals surface area contributed by atoms with Crippen molar-refractivity contribution >= 4 is 16.9 Å². The Morgan fingerprint density at radius 1 is 1.28 bits per heavy atom. The number of hydrogen-bond donors (Lipinski definition) is 0. The molecule has 18 heavy (non-hydrogen) atoms. The van der Waals surface area contributed by atoms with Crippen LogP contribution in [0.5, 0.6) is 0 Å². The van der Waals surface area contributed by atoms with Gasteiger partial charge in [0.05, 0.1) is 13.7 Å². The summed E-state index contributed by atoms with van der Waals surface area (Å²) in [5.74, 6) is -0.706. The lowest BCUT2D eigenvalue weighted by Gasteiger charge is -2.03. The number of rotatable bonds is 3. The average Bonchev–Trinajstić information content (AvgIpc) is 2.38. The fourth-order valence-corrected chi connectivity index (χ4v) is 1.68. The predicted molar refractivity (Wildman–Crippen MR) is 64.5 cm³/mol. The zero-order valence-electron chi connectivity index (χ0n) is 10.1. The van der Waals surface area contributed by atoms with Crippen LogP contribution in [0.15, 0.2) is 33.5 Å². The number of hydrogen-bond acceptors (Lipinski definition) is 5. The second-order valence-electron chi connectivity index (χ2n) is 3.74. The SMILES string of the molecule is COCc1ccc2oc(=O)c(C(=O)OC)cc2c1. The number of benzene rings is 1. The van der Waals surface area contributed by atoms with E-state index in [1.165, 1.54) is 13.2 Å². The lowest BCUT2D eigenvalue weighted by atomic mass is 10.1. The molecule has 0 saturated carbocycles. The third kappa shape index (κ3) is 2.26. The van der Waals surface area contributed by atoms with E-state index in [0.29, 0.717) is 17.6 Å². The summed E-state index contributed by atoms with van der Waals surface area (Å²) in [5, 5.41) is 0.657. The van der Waals surface area contributed by atoms with Gasteiger partial charge in [-0.05, 0) is 23.8 Å². The standard InChI is InChI=1S/C13H12O5/c1-16-7-8-3-4-11-9(5-8)6-10(12(14)17-2)13(15)18-11/h3-6H,7H2,1-2H3. The highest BCUT2D eigenvalue weighted by Crippen LogP contribution is 2.16. The number of fused-ring (bicyclic) bond motifs is 1. The molecule has 1 aromatic heterocycles. The normalized spacial score (nSPS) is 10.6. The minimum absolute atomic E-state index is 0.112. The van der Waals surface area contributed by atoms with Gasteiger partial charge in [-0.15, -0.1) is 0 Å². The van der Waals surface area contributed by atoms with Gasteiger partial charge in [-0.1, -0.05) is 6.07 Å². The molecule has 0 spiro atoms. The van der Waals surface area contributed by atoms with Crippen LogP contribution in [0.1, 0.15) is 15.9 Å². The second kappa shape index (κ2) is 5.01. The number of carbonyl (C=O) groups excluding carboxylic acids is 1. The van der Waals surface area contributed by atoms with E-state index < -0.39 is 11.6 Å². The molecule has 5 nitrogen and oxygen atoms in total. The van der Waals surface area contributed by atoms with Crippen LogP contribution in [0.3, 0.4) is 0 Å². The Hall–Kier alpha value is -2.14. The van der Waals surface area contributed by atoms with Crippen molar-refractivity contribution in [2.75, 3.05) is 14.2 Å². The summed E-state index contributed by atoms with van der Waals surface area (Å²) >= 11 is 0. The third-order valence-electron chi connectivity index (χ3n) is 2.51. The van der Waals surface area contributed by atoms with Gasteiger partial charge in [0.1, 0.15) is 11.1 Å². The van der Waals surface area contributed by atoms with Crippen molar-refractivity contribution in [1.82, 2.24) is 0 Å². The Kier molecular flexibility index (Phi) is 3.43. The zero-order chi connectivity index (χ0) is 13.1. The lowest BCUT2D eigenvalue weighted by Crippen LogP contribution is -2.14. The van der Waals surface area contributed by atoms with Gasteiger partial charge < -0.3 is 13.9 Å². The molecule has 2 aromatic rings. The van der Waals surface area contributed by atoms with Gasteiger partial charge in [0.25, 0.3) is 0 Å². The summed E-state index contributed by atoms with van der Waals surface area (Å²) in [6.07, 6.45) is 0. The minimum atomic E-state index is -0.706. The summed E-state index contributed by atoms with van der Waals surface area (Å²) in [6.45, 7) is 0.447. The third-order valence-corrected chi connectivity index (χ3v) is 2.51. The van der Waals surface area contributed by atoms with Gasteiger partial charge >= 0.3 is 11.6 Å². The maximum atomic E-state index is 11.6. The molecule has 0 fully saturated rings. The van der Waals surface area contributed by atoms with E-state index in [4.69, 9.17) is 9.15 Å². The summed E-state index contributed by atoms with van der Waals surface area (Å²) in [5.41, 5.74) is 0.538. The van der Waals surface area contributed by atoms with Gasteiger partial charge in [0, 0.05) is 12.5 Å². The topological polar surface area (TPSA) is 65.7 Å². The summed E-state index contributed by atoms with van der Waals surface area (Å²) < 4.78 is 14.6. The first-order valence-corrected chi connectivity index (χ1v) is 5.29. The van der Waals surface area contributed by atoms with Crippen LogP contribution in [0.4, 0.5) is 0 Å². The van der Waals surface area contributed by atoms with Gasteiger partial charge in [-0.2, -0.15) is 0 Å². The molecule has 5 heteroatoms. The van der Waals surface area contributed by atoms with Crippen molar-refractivity contribution in [1.29, 1.82) is 0 Å². The molecule has 1 aromatic carbocycles. The molecular weight excluding hydrogens is 236 g/mol. The Balaban J connectivity index is 2.59. The molecule has 0 amide bonds. The minimum Gasteiger partial charge on any atom is -0.465 e. The van der Waals surface area contributed by atoms with Crippen LogP contribution in [0.2, 0.25) is 0 Å². The molecule has 0 radical (unpaired) electrons. The van der Waals surface area contributed by atoms with Gasteiger partial charge in [0.15, 0.2) is 0 Å². The predicted octanol–water partition coefficient (Wildman–Crippen LogP) is 1.73. The van der Waals surface area contributed by atoms with Crippen molar-refractivity contribution in [3.8, 4) is 0 Å². The van der Waals surface area contributed by atoms with Crippen molar-refractivity contribution in [3.05, 3.63) is 45.8 Å². The Morgan fingerprint density at radius 2 is 2.06 bits per heavy atom. The molecular formula is C13H12O5. The zero-order valence-corrected chi connectivity index (χ0v) is 10.1. The average molecular weight is 248 g/mol. The second-order valence-corrected chi connectivity index (χ2v) is 3.74. The number of methoxy groups -OCH3 is 2. The smallest absolute Gasteiger partial charge is 0.351 e. The van der Waals surface area contributed by atoms with E-state index in [9.17, 15) is 9.59 Å². The van der Waals surface area contributed by atoms with Crippen molar-refractivity contribution in [2.24, 2.45) is 0 Å². The molecule has 0 bridgehead atoms. The van der Waals surface area contributed by atoms with Crippen LogP contribution in [0, 0.1) is 0 Å². The fourth-order valence-electron chi connectivity index (χ4n) is 1.68. The van der Waals surface area contributed by atoms with E-state index in [1.807, 2.05) is 0 Å². The van der Waals surface area contributed by atoms with Crippen LogP contribution >= 0.6 is 0 Å². The maximum Gasteiger partial charge on any atom is 0.351 e. The van der Waals surface area contributed by atoms with Crippen molar-refractivity contribution in [3.63, 3.8) is 0 Å². The first-order chi connectivity index (χ1) is 8.65. The molecule has 0 aliphatic rings. The van der Waals surface area contributed by atoms with Gasteiger partial charge in [-0.25, -0.2) is 9.59 Å². The van der Waals surface area contributed by atoms with Crippen LogP contribution < -0.4 is 5.63 Å². The van der Waals surface area contributed by atoms with Gasteiger partial charge in [0.2, 0.25) is 0 Å². The molecule has 0 aliphatic heterocycles. The van der Waals surface area contributed by atoms with E-state index in [2.05, 4.69) is 4.74 Å². The summed E-state index contributed by atoms with van der Waals surface area (Å²) in [7, 11) is 2.81. The maximum absolute atomic E-state index is 11.6. The molecule has 0 N–H and O–H groups in total. The Labute approximate surface area is 103 Å². The van der Waals surface area contributed by atoms with E-state index in [0.717, 1.165) is 5.56 Å². The number of carbonyl (C=O) groups is 1. The quantitative estimate of drug-likeness (QED) is 0.611. The first kappa shape index (κ1) is 12.3. The Morgan fingerprint density at radius 3 is 2.72 bits per heavy atom. The van der Waals surface area contributed by atoms with Gasteiger partial charge in [-0.3, -0.25) is 0 Å². The molecule has 0 saturated heterocycles. The molecule has 1 heterocycles. The first-order valence-electron chi connectivity index (χ1n) is 5.29.